The number of nitrogens with two attached hydrogens (primary N) is 1. The lowest BCUT2D eigenvalue weighted by molar-refractivity contribution is 0.0697. The van der Waals surface area contributed by atoms with E-state index in [1.54, 1.807) is 6.07 Å². The number of hydrogen-bond donors (Lipinski definition) is 2. The number of benzene rings is 1. The van der Waals surface area contributed by atoms with Gasteiger partial charge in [-0.15, -0.1) is 0 Å². The van der Waals surface area contributed by atoms with Gasteiger partial charge in [-0.25, -0.2) is 4.79 Å². The van der Waals surface area contributed by atoms with Crippen molar-refractivity contribution >= 4 is 11.7 Å². The van der Waals surface area contributed by atoms with Crippen LogP contribution in [0.4, 0.5) is 5.69 Å². The van der Waals surface area contributed by atoms with Crippen LogP contribution in [0.25, 0.3) is 0 Å². The number of aromatic carboxylic acids is 1. The van der Waals surface area contributed by atoms with E-state index < -0.39 is 5.97 Å². The fraction of sp³-hybridized carbons (Fsp3) is 0.300. The van der Waals surface area contributed by atoms with Crippen LogP contribution in [0, 0.1) is 0 Å². The number of carboxylic acids is 1. The SMILES string of the molecule is CN1Cc2cc(C(=O)O)cc(N)c2C1. The molecule has 14 heavy (non-hydrogen) atoms. The average Bonchev–Trinajstić information content (AvgIpc) is 2.45. The highest BCUT2D eigenvalue weighted by molar-refractivity contribution is 5.89. The number of nitrogens with zero attached hydrogens (tertiary/aromatic N) is 1. The van der Waals surface area contributed by atoms with Crippen molar-refractivity contribution in [1.29, 1.82) is 0 Å². The smallest absolute Gasteiger partial charge is 0.335 e. The average molecular weight is 192 g/mol. The number of rotatable bonds is 1. The highest BCUT2D eigenvalue weighted by Crippen LogP contribution is 2.28. The Morgan fingerprint density at radius 3 is 2.86 bits per heavy atom. The van der Waals surface area contributed by atoms with Crippen molar-refractivity contribution in [3.8, 4) is 0 Å². The monoisotopic (exact) mass is 192 g/mol. The minimum absolute atomic E-state index is 0.275. The van der Waals surface area contributed by atoms with E-state index in [1.165, 1.54) is 6.07 Å². The predicted octanol–water partition coefficient (Wildman–Crippen LogP) is 0.912. The predicted molar refractivity (Wildman–Crippen MR) is 53.0 cm³/mol. The molecule has 1 aliphatic rings. The molecule has 0 saturated heterocycles. The molecule has 1 aliphatic heterocycles. The molecular formula is C10H12N2O2. The van der Waals surface area contributed by atoms with E-state index in [-0.39, 0.29) is 5.56 Å². The molecule has 4 heteroatoms. The Morgan fingerprint density at radius 1 is 1.50 bits per heavy atom. The third-order valence-electron chi connectivity index (χ3n) is 2.49. The van der Waals surface area contributed by atoms with E-state index >= 15 is 0 Å². The van der Waals surface area contributed by atoms with Crippen molar-refractivity contribution in [1.82, 2.24) is 4.90 Å². The van der Waals surface area contributed by atoms with Crippen molar-refractivity contribution in [2.75, 3.05) is 12.8 Å². The molecule has 0 fully saturated rings. The molecule has 1 aromatic carbocycles. The summed E-state index contributed by atoms with van der Waals surface area (Å²) in [4.78, 5) is 12.9. The van der Waals surface area contributed by atoms with Crippen molar-refractivity contribution in [2.45, 2.75) is 13.1 Å². The second-order valence-corrected chi connectivity index (χ2v) is 3.68. The molecule has 0 amide bonds. The van der Waals surface area contributed by atoms with Crippen LogP contribution < -0.4 is 5.73 Å². The van der Waals surface area contributed by atoms with E-state index in [0.717, 1.165) is 24.2 Å². The number of hydrogen-bond acceptors (Lipinski definition) is 3. The summed E-state index contributed by atoms with van der Waals surface area (Å²) in [6.45, 7) is 1.59. The Balaban J connectivity index is 2.51. The highest BCUT2D eigenvalue weighted by Gasteiger charge is 2.20. The molecule has 3 N–H and O–H groups in total. The van der Waals surface area contributed by atoms with Gasteiger partial charge in [0, 0.05) is 18.8 Å². The quantitative estimate of drug-likeness (QED) is 0.649. The lowest BCUT2D eigenvalue weighted by atomic mass is 10.0. The zero-order valence-corrected chi connectivity index (χ0v) is 7.95. The summed E-state index contributed by atoms with van der Waals surface area (Å²) >= 11 is 0. The molecule has 2 rings (SSSR count). The standard InChI is InChI=1S/C10H12N2O2/c1-12-4-7-2-6(10(13)14)3-9(11)8(7)5-12/h2-3H,4-5,11H2,1H3,(H,13,14). The molecule has 0 atom stereocenters. The molecule has 0 spiro atoms. The summed E-state index contributed by atoms with van der Waals surface area (Å²) < 4.78 is 0. The molecule has 0 bridgehead atoms. The maximum absolute atomic E-state index is 10.8. The first-order chi connectivity index (χ1) is 6.58. The van der Waals surface area contributed by atoms with Crippen molar-refractivity contribution in [3.05, 3.63) is 28.8 Å². The normalized spacial score (nSPS) is 15.5. The molecule has 1 heterocycles. The number of carbonyl (C=O) groups is 1. The van der Waals surface area contributed by atoms with Gasteiger partial charge in [0.05, 0.1) is 5.56 Å². The van der Waals surface area contributed by atoms with Crippen LogP contribution in [0.5, 0.6) is 0 Å². The molecule has 0 aromatic heterocycles. The lowest BCUT2D eigenvalue weighted by Crippen LogP contribution is -2.07. The summed E-state index contributed by atoms with van der Waals surface area (Å²) in [5, 5.41) is 8.84. The van der Waals surface area contributed by atoms with Gasteiger partial charge < -0.3 is 10.8 Å². The molecular weight excluding hydrogens is 180 g/mol. The van der Waals surface area contributed by atoms with E-state index in [4.69, 9.17) is 10.8 Å². The summed E-state index contributed by atoms with van der Waals surface area (Å²) in [5.74, 6) is -0.922. The molecule has 74 valence electrons. The van der Waals surface area contributed by atoms with Gasteiger partial charge in [-0.05, 0) is 30.3 Å². The molecule has 0 unspecified atom stereocenters. The van der Waals surface area contributed by atoms with E-state index in [2.05, 4.69) is 4.90 Å². The number of carboxylic acid groups (broad SMARTS) is 1. The van der Waals surface area contributed by atoms with Crippen LogP contribution in [0.15, 0.2) is 12.1 Å². The van der Waals surface area contributed by atoms with Crippen molar-refractivity contribution in [2.24, 2.45) is 0 Å². The first-order valence-corrected chi connectivity index (χ1v) is 4.41. The van der Waals surface area contributed by atoms with Crippen LogP contribution in [0.1, 0.15) is 21.5 Å². The minimum Gasteiger partial charge on any atom is -0.478 e. The second kappa shape index (κ2) is 2.99. The summed E-state index contributed by atoms with van der Waals surface area (Å²) in [6, 6.07) is 3.23. The maximum atomic E-state index is 10.8. The first-order valence-electron chi connectivity index (χ1n) is 4.41. The fourth-order valence-electron chi connectivity index (χ4n) is 1.83. The maximum Gasteiger partial charge on any atom is 0.335 e. The zero-order valence-electron chi connectivity index (χ0n) is 7.95. The van der Waals surface area contributed by atoms with Crippen LogP contribution >= 0.6 is 0 Å². The highest BCUT2D eigenvalue weighted by atomic mass is 16.4. The second-order valence-electron chi connectivity index (χ2n) is 3.68. The largest absolute Gasteiger partial charge is 0.478 e. The van der Waals surface area contributed by atoms with Crippen LogP contribution in [-0.2, 0) is 13.1 Å². The fourth-order valence-corrected chi connectivity index (χ4v) is 1.83. The lowest BCUT2D eigenvalue weighted by Gasteiger charge is -2.04. The molecule has 0 aliphatic carbocycles. The molecule has 4 nitrogen and oxygen atoms in total. The topological polar surface area (TPSA) is 66.6 Å². The Morgan fingerprint density at radius 2 is 2.21 bits per heavy atom. The van der Waals surface area contributed by atoms with E-state index in [9.17, 15) is 4.79 Å². The number of nitrogen functional groups attached to an aromatic ring is 1. The van der Waals surface area contributed by atoms with Crippen molar-refractivity contribution in [3.63, 3.8) is 0 Å². The Bertz CT molecular complexity index is 401. The first kappa shape index (κ1) is 9.02. The van der Waals surface area contributed by atoms with Crippen LogP contribution in [-0.4, -0.2) is 23.0 Å². The van der Waals surface area contributed by atoms with Gasteiger partial charge in [-0.2, -0.15) is 0 Å². The summed E-state index contributed by atoms with van der Waals surface area (Å²) in [6.07, 6.45) is 0. The summed E-state index contributed by atoms with van der Waals surface area (Å²) in [5.41, 5.74) is 8.74. The van der Waals surface area contributed by atoms with Gasteiger partial charge >= 0.3 is 5.97 Å². The number of anilines is 1. The van der Waals surface area contributed by atoms with Gasteiger partial charge in [-0.3, -0.25) is 4.90 Å². The van der Waals surface area contributed by atoms with Crippen LogP contribution in [0.3, 0.4) is 0 Å². The van der Waals surface area contributed by atoms with Gasteiger partial charge in [0.1, 0.15) is 0 Å². The summed E-state index contributed by atoms with van der Waals surface area (Å²) in [7, 11) is 1.99. The van der Waals surface area contributed by atoms with Crippen molar-refractivity contribution < 1.29 is 9.90 Å². The van der Waals surface area contributed by atoms with Gasteiger partial charge in [0.2, 0.25) is 0 Å². The van der Waals surface area contributed by atoms with E-state index in [0.29, 0.717) is 5.69 Å². The van der Waals surface area contributed by atoms with Gasteiger partial charge in [0.25, 0.3) is 0 Å². The minimum atomic E-state index is -0.922. The Hall–Kier alpha value is -1.55. The third-order valence-corrected chi connectivity index (χ3v) is 2.49. The van der Waals surface area contributed by atoms with Gasteiger partial charge in [-0.1, -0.05) is 0 Å². The zero-order chi connectivity index (χ0) is 10.3. The van der Waals surface area contributed by atoms with Gasteiger partial charge in [0.15, 0.2) is 0 Å². The Kier molecular flexibility index (Phi) is 1.93. The molecule has 0 radical (unpaired) electrons. The van der Waals surface area contributed by atoms with E-state index in [1.807, 2.05) is 7.05 Å². The third kappa shape index (κ3) is 1.33. The molecule has 0 saturated carbocycles. The molecule has 1 aromatic rings. The Labute approximate surface area is 81.9 Å². The number of fused-ring (bicyclic) bond motifs is 1. The van der Waals surface area contributed by atoms with Crippen LogP contribution in [0.2, 0.25) is 0 Å².